The van der Waals surface area contributed by atoms with Crippen LogP contribution in [0.5, 0.6) is 5.75 Å². The number of para-hydroxylation sites is 1. The van der Waals surface area contributed by atoms with E-state index in [4.69, 9.17) is 9.84 Å². The van der Waals surface area contributed by atoms with Gasteiger partial charge in [-0.1, -0.05) is 6.07 Å². The second-order valence-corrected chi connectivity index (χ2v) is 4.34. The summed E-state index contributed by atoms with van der Waals surface area (Å²) in [4.78, 5) is 12.1. The largest absolute Gasteiger partial charge is 0.489 e. The molecule has 1 atom stereocenters. The molecule has 98 valence electrons. The van der Waals surface area contributed by atoms with Crippen LogP contribution in [-0.4, -0.2) is 36.8 Å². The number of aliphatic hydroxyl groups excluding tert-OH is 1. The second-order valence-electron chi connectivity index (χ2n) is 4.34. The zero-order chi connectivity index (χ0) is 13.0. The average molecular weight is 250 g/mol. The van der Waals surface area contributed by atoms with E-state index in [2.05, 4.69) is 10.6 Å². The number of rotatable bonds is 4. The zero-order valence-corrected chi connectivity index (χ0v) is 10.4. The maximum Gasteiger partial charge on any atom is 0.255 e. The quantitative estimate of drug-likeness (QED) is 0.745. The molecule has 0 saturated heterocycles. The maximum atomic E-state index is 12.1. The van der Waals surface area contributed by atoms with E-state index >= 15 is 0 Å². The first kappa shape index (κ1) is 12.7. The number of anilines is 1. The van der Waals surface area contributed by atoms with E-state index in [1.54, 1.807) is 6.07 Å². The monoisotopic (exact) mass is 250 g/mol. The number of carbonyl (C=O) groups excluding carboxylic acids is 1. The molecule has 1 aromatic carbocycles. The van der Waals surface area contributed by atoms with Gasteiger partial charge in [-0.3, -0.25) is 4.79 Å². The summed E-state index contributed by atoms with van der Waals surface area (Å²) >= 11 is 0. The molecule has 1 amide bonds. The van der Waals surface area contributed by atoms with Crippen molar-refractivity contribution in [2.45, 2.75) is 19.4 Å². The van der Waals surface area contributed by atoms with Crippen LogP contribution in [0.2, 0.25) is 0 Å². The topological polar surface area (TPSA) is 70.6 Å². The number of benzene rings is 1. The maximum absolute atomic E-state index is 12.1. The van der Waals surface area contributed by atoms with Gasteiger partial charge in [-0.25, -0.2) is 0 Å². The molecule has 0 aromatic heterocycles. The van der Waals surface area contributed by atoms with Gasteiger partial charge in [0.15, 0.2) is 5.75 Å². The molecule has 3 N–H and O–H groups in total. The Bertz CT molecular complexity index is 434. The Kier molecular flexibility index (Phi) is 4.04. The highest BCUT2D eigenvalue weighted by Gasteiger charge is 2.19. The lowest BCUT2D eigenvalue weighted by Gasteiger charge is -2.22. The van der Waals surface area contributed by atoms with Gasteiger partial charge in [-0.05, 0) is 25.5 Å². The summed E-state index contributed by atoms with van der Waals surface area (Å²) in [7, 11) is 0. The van der Waals surface area contributed by atoms with Crippen molar-refractivity contribution in [3.8, 4) is 5.75 Å². The van der Waals surface area contributed by atoms with Crippen molar-refractivity contribution in [1.82, 2.24) is 5.32 Å². The lowest BCUT2D eigenvalue weighted by atomic mass is 10.1. The van der Waals surface area contributed by atoms with E-state index in [1.807, 2.05) is 19.1 Å². The van der Waals surface area contributed by atoms with Crippen molar-refractivity contribution in [3.05, 3.63) is 23.8 Å². The normalized spacial score (nSPS) is 15.0. The van der Waals surface area contributed by atoms with Gasteiger partial charge in [0.1, 0.15) is 6.61 Å². The first-order valence-electron chi connectivity index (χ1n) is 6.13. The van der Waals surface area contributed by atoms with Crippen LogP contribution in [0.25, 0.3) is 0 Å². The summed E-state index contributed by atoms with van der Waals surface area (Å²) in [5, 5.41) is 14.9. The van der Waals surface area contributed by atoms with Crippen LogP contribution >= 0.6 is 0 Å². The third-order valence-corrected chi connectivity index (χ3v) is 2.86. The smallest absolute Gasteiger partial charge is 0.255 e. The molecule has 0 aliphatic carbocycles. The van der Waals surface area contributed by atoms with Crippen LogP contribution in [0.1, 0.15) is 23.7 Å². The van der Waals surface area contributed by atoms with Crippen molar-refractivity contribution in [1.29, 1.82) is 0 Å². The molecular formula is C13H18N2O3. The SMILES string of the molecule is CC(CCO)NC(=O)c1cccc2c1OCCN2. The summed E-state index contributed by atoms with van der Waals surface area (Å²) in [6.45, 7) is 3.23. The van der Waals surface area contributed by atoms with Gasteiger partial charge < -0.3 is 20.5 Å². The van der Waals surface area contributed by atoms with E-state index in [-0.39, 0.29) is 18.6 Å². The molecule has 0 radical (unpaired) electrons. The van der Waals surface area contributed by atoms with Gasteiger partial charge in [0, 0.05) is 19.2 Å². The Balaban J connectivity index is 2.15. The number of hydrogen-bond acceptors (Lipinski definition) is 4. The third kappa shape index (κ3) is 2.73. The van der Waals surface area contributed by atoms with Crippen LogP contribution in [0, 0.1) is 0 Å². The van der Waals surface area contributed by atoms with Gasteiger partial charge in [-0.2, -0.15) is 0 Å². The van der Waals surface area contributed by atoms with Crippen LogP contribution in [0.3, 0.4) is 0 Å². The summed E-state index contributed by atoms with van der Waals surface area (Å²) in [5.74, 6) is 0.439. The Morgan fingerprint density at radius 2 is 2.44 bits per heavy atom. The summed E-state index contributed by atoms with van der Waals surface area (Å²) < 4.78 is 5.54. The third-order valence-electron chi connectivity index (χ3n) is 2.86. The molecule has 0 spiro atoms. The molecule has 0 saturated carbocycles. The minimum Gasteiger partial charge on any atom is -0.489 e. The highest BCUT2D eigenvalue weighted by molar-refractivity contribution is 5.99. The fourth-order valence-electron chi connectivity index (χ4n) is 1.92. The molecule has 2 rings (SSSR count). The van der Waals surface area contributed by atoms with E-state index in [0.29, 0.717) is 24.3 Å². The Morgan fingerprint density at radius 3 is 3.22 bits per heavy atom. The molecule has 0 fully saturated rings. The average Bonchev–Trinajstić information content (AvgIpc) is 2.38. The molecule has 1 aliphatic heterocycles. The van der Waals surface area contributed by atoms with Crippen LogP contribution in [0.4, 0.5) is 5.69 Å². The highest BCUT2D eigenvalue weighted by Crippen LogP contribution is 2.31. The first-order valence-corrected chi connectivity index (χ1v) is 6.13. The van der Waals surface area contributed by atoms with Crippen LogP contribution in [-0.2, 0) is 0 Å². The molecule has 0 bridgehead atoms. The van der Waals surface area contributed by atoms with E-state index in [0.717, 1.165) is 12.2 Å². The number of carbonyl (C=O) groups is 1. The van der Waals surface area contributed by atoms with Gasteiger partial charge in [0.25, 0.3) is 5.91 Å². The minimum absolute atomic E-state index is 0.0603. The summed E-state index contributed by atoms with van der Waals surface area (Å²) in [6.07, 6.45) is 0.542. The number of fused-ring (bicyclic) bond motifs is 1. The number of nitrogens with one attached hydrogen (secondary N) is 2. The number of amides is 1. The molecule has 5 heteroatoms. The fraction of sp³-hybridized carbons (Fsp3) is 0.462. The molecule has 1 aromatic rings. The summed E-state index contributed by atoms with van der Waals surface area (Å²) in [5.41, 5.74) is 1.38. The van der Waals surface area contributed by atoms with E-state index in [9.17, 15) is 4.79 Å². The predicted molar refractivity (Wildman–Crippen MR) is 69.1 cm³/mol. The standard InChI is InChI=1S/C13H18N2O3/c1-9(5-7-16)15-13(17)10-3-2-4-11-12(10)18-8-6-14-11/h2-4,9,14,16H,5-8H2,1H3,(H,15,17). The lowest BCUT2D eigenvalue weighted by molar-refractivity contribution is 0.0930. The van der Waals surface area contributed by atoms with Gasteiger partial charge in [-0.15, -0.1) is 0 Å². The van der Waals surface area contributed by atoms with Crippen molar-refractivity contribution in [2.75, 3.05) is 25.1 Å². The predicted octanol–water partition coefficient (Wildman–Crippen LogP) is 0.992. The van der Waals surface area contributed by atoms with E-state index < -0.39 is 0 Å². The van der Waals surface area contributed by atoms with Gasteiger partial charge in [0.05, 0.1) is 11.3 Å². The van der Waals surface area contributed by atoms with E-state index in [1.165, 1.54) is 0 Å². The van der Waals surface area contributed by atoms with Gasteiger partial charge in [0.2, 0.25) is 0 Å². The first-order chi connectivity index (χ1) is 8.72. The zero-order valence-electron chi connectivity index (χ0n) is 10.4. The second kappa shape index (κ2) is 5.73. The van der Waals surface area contributed by atoms with Gasteiger partial charge >= 0.3 is 0 Å². The lowest BCUT2D eigenvalue weighted by Crippen LogP contribution is -2.34. The Hall–Kier alpha value is -1.75. The highest BCUT2D eigenvalue weighted by atomic mass is 16.5. The van der Waals surface area contributed by atoms with Crippen molar-refractivity contribution < 1.29 is 14.6 Å². The molecule has 1 heterocycles. The Labute approximate surface area is 106 Å². The molecule has 1 unspecified atom stereocenters. The summed E-state index contributed by atoms with van der Waals surface area (Å²) in [6, 6.07) is 5.40. The van der Waals surface area contributed by atoms with Crippen LogP contribution in [0.15, 0.2) is 18.2 Å². The molecular weight excluding hydrogens is 232 g/mol. The Morgan fingerprint density at radius 1 is 1.61 bits per heavy atom. The molecule has 1 aliphatic rings. The minimum atomic E-state index is -0.170. The van der Waals surface area contributed by atoms with Crippen molar-refractivity contribution >= 4 is 11.6 Å². The number of ether oxygens (including phenoxy) is 1. The number of hydrogen-bond donors (Lipinski definition) is 3. The van der Waals surface area contributed by atoms with Crippen molar-refractivity contribution in [3.63, 3.8) is 0 Å². The van der Waals surface area contributed by atoms with Crippen LogP contribution < -0.4 is 15.4 Å². The molecule has 18 heavy (non-hydrogen) atoms. The van der Waals surface area contributed by atoms with Crippen molar-refractivity contribution in [2.24, 2.45) is 0 Å². The fourth-order valence-corrected chi connectivity index (χ4v) is 1.92. The molecule has 5 nitrogen and oxygen atoms in total. The number of aliphatic hydroxyl groups is 1.